The molecule has 1 N–H and O–H groups in total. The van der Waals surface area contributed by atoms with Gasteiger partial charge in [-0.15, -0.1) is 24.0 Å². The highest BCUT2D eigenvalue weighted by Crippen LogP contribution is 2.46. The average molecular weight is 487 g/mol. The van der Waals surface area contributed by atoms with E-state index in [1.807, 2.05) is 13.2 Å². The summed E-state index contributed by atoms with van der Waals surface area (Å²) in [5.74, 6) is 1.99. The molecular weight excluding hydrogens is 453 g/mol. The first-order valence-electron chi connectivity index (χ1n) is 9.54. The van der Waals surface area contributed by atoms with Gasteiger partial charge in [-0.1, -0.05) is 19.9 Å². The molecule has 1 unspecified atom stereocenters. The maximum Gasteiger partial charge on any atom is 0.194 e. The van der Waals surface area contributed by atoms with Gasteiger partial charge in [-0.3, -0.25) is 4.99 Å². The minimum absolute atomic E-state index is 0. The molecule has 0 saturated carbocycles. The maximum absolute atomic E-state index is 5.60. The fraction of sp³-hybridized carbons (Fsp3) is 0.700. The minimum Gasteiger partial charge on any atom is -0.375 e. The standard InChI is InChI=1S/C20H33N5O.HI/c1-15-13-24(9-10-26-15)17-8-7-16(11-22-17)12-23-18(21-6)25-14-19(2,3)20(25,4)5;/h7-8,11,15H,9-10,12-14H2,1-6H3,(H,21,23);1H. The summed E-state index contributed by atoms with van der Waals surface area (Å²) in [5, 5.41) is 3.49. The summed E-state index contributed by atoms with van der Waals surface area (Å²) in [5.41, 5.74) is 1.56. The molecule has 3 heterocycles. The molecule has 0 radical (unpaired) electrons. The lowest BCUT2D eigenvalue weighted by molar-refractivity contribution is -0.0667. The van der Waals surface area contributed by atoms with Crippen molar-refractivity contribution in [2.75, 3.05) is 38.2 Å². The van der Waals surface area contributed by atoms with Crippen LogP contribution in [-0.4, -0.2) is 60.8 Å². The van der Waals surface area contributed by atoms with E-state index in [4.69, 9.17) is 4.74 Å². The fourth-order valence-corrected chi connectivity index (χ4v) is 3.61. The van der Waals surface area contributed by atoms with Crippen molar-refractivity contribution < 1.29 is 4.74 Å². The van der Waals surface area contributed by atoms with Gasteiger partial charge in [-0.25, -0.2) is 4.98 Å². The van der Waals surface area contributed by atoms with E-state index in [2.05, 4.69) is 71.8 Å². The zero-order valence-corrected chi connectivity index (χ0v) is 19.8. The van der Waals surface area contributed by atoms with Gasteiger partial charge in [-0.05, 0) is 32.4 Å². The number of rotatable bonds is 3. The number of nitrogens with zero attached hydrogens (tertiary/aromatic N) is 4. The highest BCUT2D eigenvalue weighted by atomic mass is 127. The number of halogens is 1. The molecule has 1 aromatic heterocycles. The lowest BCUT2D eigenvalue weighted by atomic mass is 9.65. The van der Waals surface area contributed by atoms with Crippen molar-refractivity contribution in [3.63, 3.8) is 0 Å². The normalized spacial score (nSPS) is 24.1. The molecule has 2 aliphatic rings. The van der Waals surface area contributed by atoms with Crippen molar-refractivity contribution in [2.45, 2.75) is 52.8 Å². The zero-order valence-electron chi connectivity index (χ0n) is 17.5. The first-order valence-corrected chi connectivity index (χ1v) is 9.54. The van der Waals surface area contributed by atoms with Crippen LogP contribution in [0.1, 0.15) is 40.2 Å². The van der Waals surface area contributed by atoms with Crippen molar-refractivity contribution in [3.8, 4) is 0 Å². The summed E-state index contributed by atoms with van der Waals surface area (Å²) >= 11 is 0. The number of pyridine rings is 1. The van der Waals surface area contributed by atoms with Crippen LogP contribution in [0.5, 0.6) is 0 Å². The minimum atomic E-state index is 0. The highest BCUT2D eigenvalue weighted by molar-refractivity contribution is 14.0. The van der Waals surface area contributed by atoms with E-state index in [1.54, 1.807) is 0 Å². The Morgan fingerprint density at radius 2 is 2.07 bits per heavy atom. The van der Waals surface area contributed by atoms with Gasteiger partial charge in [0.1, 0.15) is 5.82 Å². The van der Waals surface area contributed by atoms with Crippen LogP contribution in [0, 0.1) is 5.41 Å². The molecule has 0 spiro atoms. The monoisotopic (exact) mass is 487 g/mol. The number of likely N-dealkylation sites (tertiary alicyclic amines) is 1. The molecule has 0 aromatic carbocycles. The summed E-state index contributed by atoms with van der Waals surface area (Å²) in [6.45, 7) is 15.6. The molecule has 1 atom stereocenters. The van der Waals surface area contributed by atoms with Gasteiger partial charge < -0.3 is 19.9 Å². The van der Waals surface area contributed by atoms with E-state index in [1.165, 1.54) is 0 Å². The van der Waals surface area contributed by atoms with Crippen molar-refractivity contribution in [1.29, 1.82) is 0 Å². The van der Waals surface area contributed by atoms with Crippen LogP contribution in [0.3, 0.4) is 0 Å². The molecule has 3 rings (SSSR count). The Balaban J connectivity index is 0.00000261. The number of guanidine groups is 1. The summed E-state index contributed by atoms with van der Waals surface area (Å²) in [7, 11) is 1.85. The van der Waals surface area contributed by atoms with Crippen molar-refractivity contribution in [2.24, 2.45) is 10.4 Å². The number of aliphatic imine (C=N–C) groups is 1. The van der Waals surface area contributed by atoms with Gasteiger partial charge in [-0.2, -0.15) is 0 Å². The van der Waals surface area contributed by atoms with Gasteiger partial charge in [0.15, 0.2) is 5.96 Å². The van der Waals surface area contributed by atoms with Crippen LogP contribution in [0.15, 0.2) is 23.3 Å². The Labute approximate surface area is 180 Å². The van der Waals surface area contributed by atoms with E-state index >= 15 is 0 Å². The molecule has 27 heavy (non-hydrogen) atoms. The van der Waals surface area contributed by atoms with Crippen LogP contribution in [0.25, 0.3) is 0 Å². The predicted octanol–water partition coefficient (Wildman–Crippen LogP) is 3.12. The zero-order chi connectivity index (χ0) is 18.9. The first-order chi connectivity index (χ1) is 12.2. The molecule has 152 valence electrons. The Bertz CT molecular complexity index is 659. The number of anilines is 1. The van der Waals surface area contributed by atoms with E-state index < -0.39 is 0 Å². The quantitative estimate of drug-likeness (QED) is 0.404. The molecule has 6 nitrogen and oxygen atoms in total. The third kappa shape index (κ3) is 4.50. The summed E-state index contributed by atoms with van der Waals surface area (Å²) < 4.78 is 5.60. The summed E-state index contributed by atoms with van der Waals surface area (Å²) in [6.07, 6.45) is 2.22. The second-order valence-corrected chi connectivity index (χ2v) is 8.58. The van der Waals surface area contributed by atoms with Gasteiger partial charge in [0.2, 0.25) is 0 Å². The molecule has 2 fully saturated rings. The number of nitrogens with one attached hydrogen (secondary N) is 1. The Kier molecular flexibility index (Phi) is 7.00. The lowest BCUT2D eigenvalue weighted by Crippen LogP contribution is -2.72. The third-order valence-electron chi connectivity index (χ3n) is 6.18. The molecule has 2 aliphatic heterocycles. The second-order valence-electron chi connectivity index (χ2n) is 8.58. The van der Waals surface area contributed by atoms with Crippen LogP contribution in [-0.2, 0) is 11.3 Å². The van der Waals surface area contributed by atoms with Crippen molar-refractivity contribution >= 4 is 35.8 Å². The van der Waals surface area contributed by atoms with E-state index in [9.17, 15) is 0 Å². The van der Waals surface area contributed by atoms with E-state index in [0.29, 0.717) is 5.41 Å². The predicted molar refractivity (Wildman–Crippen MR) is 122 cm³/mol. The molecule has 0 aliphatic carbocycles. The SMILES string of the molecule is CN=C(NCc1ccc(N2CCOC(C)C2)nc1)N1CC(C)(C)C1(C)C.I. The van der Waals surface area contributed by atoms with Gasteiger partial charge in [0.05, 0.1) is 12.7 Å². The van der Waals surface area contributed by atoms with Crippen molar-refractivity contribution in [3.05, 3.63) is 23.9 Å². The van der Waals surface area contributed by atoms with Gasteiger partial charge in [0.25, 0.3) is 0 Å². The van der Waals surface area contributed by atoms with Gasteiger partial charge in [0, 0.05) is 50.4 Å². The van der Waals surface area contributed by atoms with Crippen LogP contribution < -0.4 is 10.2 Å². The number of hydrogen-bond acceptors (Lipinski definition) is 4. The molecule has 1 aromatic rings. The third-order valence-corrected chi connectivity index (χ3v) is 6.18. The van der Waals surface area contributed by atoms with E-state index in [-0.39, 0.29) is 35.6 Å². The topological polar surface area (TPSA) is 53.0 Å². The highest BCUT2D eigenvalue weighted by Gasteiger charge is 2.53. The van der Waals surface area contributed by atoms with Crippen LogP contribution in [0.2, 0.25) is 0 Å². The second kappa shape index (κ2) is 8.51. The van der Waals surface area contributed by atoms with Gasteiger partial charge >= 0.3 is 0 Å². The lowest BCUT2D eigenvalue weighted by Gasteiger charge is -2.62. The smallest absolute Gasteiger partial charge is 0.194 e. The number of ether oxygens (including phenoxy) is 1. The largest absolute Gasteiger partial charge is 0.375 e. The molecule has 0 amide bonds. The summed E-state index contributed by atoms with van der Waals surface area (Å²) in [6, 6.07) is 4.25. The van der Waals surface area contributed by atoms with Crippen LogP contribution >= 0.6 is 24.0 Å². The van der Waals surface area contributed by atoms with E-state index in [0.717, 1.165) is 50.1 Å². The number of aromatic nitrogens is 1. The van der Waals surface area contributed by atoms with Crippen molar-refractivity contribution in [1.82, 2.24) is 15.2 Å². The molecular formula is C20H34IN5O. The fourth-order valence-electron chi connectivity index (χ4n) is 3.61. The Morgan fingerprint density at radius 3 is 2.59 bits per heavy atom. The number of morpholine rings is 1. The van der Waals surface area contributed by atoms with Crippen LogP contribution in [0.4, 0.5) is 5.82 Å². The summed E-state index contributed by atoms with van der Waals surface area (Å²) in [4.78, 5) is 13.8. The molecule has 7 heteroatoms. The first kappa shape index (κ1) is 22.2. The maximum atomic E-state index is 5.60. The average Bonchev–Trinajstić information content (AvgIpc) is 2.61. The number of hydrogen-bond donors (Lipinski definition) is 1. The Hall–Kier alpha value is -1.09. The Morgan fingerprint density at radius 1 is 1.33 bits per heavy atom. The molecule has 0 bridgehead atoms. The molecule has 2 saturated heterocycles.